The van der Waals surface area contributed by atoms with Gasteiger partial charge in [0.15, 0.2) is 17.5 Å². The smallest absolute Gasteiger partial charge is 0.425 e. The van der Waals surface area contributed by atoms with E-state index in [9.17, 15) is 18.0 Å². The van der Waals surface area contributed by atoms with E-state index < -0.39 is 18.4 Å². The molecule has 0 N–H and O–H groups in total. The molecule has 1 aliphatic heterocycles. The normalized spacial score (nSPS) is 23.6. The number of carbonyl (C=O) groups is 1. The maximum Gasteiger partial charge on any atom is 0.425 e. The first kappa shape index (κ1) is 23.1. The minimum Gasteiger partial charge on any atom is -0.487 e. The van der Waals surface area contributed by atoms with Gasteiger partial charge in [-0.3, -0.25) is 0 Å². The van der Waals surface area contributed by atoms with E-state index >= 15 is 0 Å². The van der Waals surface area contributed by atoms with Crippen LogP contribution in [0.3, 0.4) is 0 Å². The van der Waals surface area contributed by atoms with Gasteiger partial charge in [0.1, 0.15) is 6.07 Å². The number of piperidine rings is 1. The van der Waals surface area contributed by atoms with Crippen molar-refractivity contribution in [1.29, 1.82) is 5.26 Å². The van der Waals surface area contributed by atoms with E-state index in [0.29, 0.717) is 31.7 Å². The molecule has 1 saturated heterocycles. The highest BCUT2D eigenvalue weighted by Gasteiger charge is 2.40. The van der Waals surface area contributed by atoms with Crippen molar-refractivity contribution >= 4 is 6.09 Å². The zero-order chi connectivity index (χ0) is 22.4. The van der Waals surface area contributed by atoms with Crippen molar-refractivity contribution in [3.8, 4) is 11.8 Å². The highest BCUT2D eigenvalue weighted by atomic mass is 19.4. The number of hydrogen-bond acceptors (Lipinski definition) is 6. The predicted molar refractivity (Wildman–Crippen MR) is 103 cm³/mol. The molecule has 1 aromatic rings. The van der Waals surface area contributed by atoms with Crippen LogP contribution < -0.4 is 4.74 Å². The van der Waals surface area contributed by atoms with Crippen molar-refractivity contribution in [3.05, 3.63) is 24.0 Å². The van der Waals surface area contributed by atoms with Gasteiger partial charge in [-0.25, -0.2) is 9.78 Å². The number of nitrogens with zero attached hydrogens (tertiary/aromatic N) is 3. The van der Waals surface area contributed by atoms with Crippen LogP contribution in [0, 0.1) is 11.3 Å². The molecular weight excluding hydrogens is 415 g/mol. The van der Waals surface area contributed by atoms with Crippen molar-refractivity contribution < 1.29 is 32.2 Å². The first-order valence-electron chi connectivity index (χ1n) is 10.5. The summed E-state index contributed by atoms with van der Waals surface area (Å²) in [5.41, 5.74) is 0.274. The van der Waals surface area contributed by atoms with E-state index in [2.05, 4.69) is 9.72 Å². The number of aromatic nitrogens is 1. The number of rotatable bonds is 5. The molecule has 31 heavy (non-hydrogen) atoms. The number of hydrogen-bond donors (Lipinski definition) is 0. The molecule has 0 unspecified atom stereocenters. The molecule has 1 saturated carbocycles. The van der Waals surface area contributed by atoms with Crippen molar-refractivity contribution in [2.24, 2.45) is 0 Å². The zero-order valence-electron chi connectivity index (χ0n) is 17.3. The Hall–Kier alpha value is -2.54. The number of ether oxygens (including phenoxy) is 3. The van der Waals surface area contributed by atoms with E-state index in [1.807, 2.05) is 6.07 Å². The van der Waals surface area contributed by atoms with Crippen LogP contribution in [0.4, 0.5) is 18.0 Å². The monoisotopic (exact) mass is 441 g/mol. The Labute approximate surface area is 179 Å². The fourth-order valence-corrected chi connectivity index (χ4v) is 3.77. The van der Waals surface area contributed by atoms with Crippen LogP contribution in [-0.4, -0.2) is 59.7 Å². The Bertz CT molecular complexity index is 783. The molecule has 1 amide bonds. The minimum atomic E-state index is -4.56. The van der Waals surface area contributed by atoms with Crippen molar-refractivity contribution in [3.63, 3.8) is 0 Å². The van der Waals surface area contributed by atoms with Crippen molar-refractivity contribution in [2.75, 3.05) is 13.1 Å². The van der Waals surface area contributed by atoms with E-state index in [1.165, 1.54) is 4.90 Å². The van der Waals surface area contributed by atoms with Crippen LogP contribution in [0.25, 0.3) is 0 Å². The molecule has 2 aliphatic rings. The summed E-state index contributed by atoms with van der Waals surface area (Å²) < 4.78 is 54.2. The lowest BCUT2D eigenvalue weighted by atomic mass is 9.94. The molecule has 1 aliphatic carbocycles. The molecule has 1 aromatic heterocycles. The number of carbonyl (C=O) groups excluding carboxylic acids is 1. The van der Waals surface area contributed by atoms with Gasteiger partial charge in [0, 0.05) is 19.3 Å². The number of nitriles is 1. The second kappa shape index (κ2) is 10.2. The van der Waals surface area contributed by atoms with Gasteiger partial charge in [0.2, 0.25) is 0 Å². The SMILES string of the molecule is C[C@@H](OC(=O)N1CCC(OC2CCC(Oc3cccnc3C#N)CC2)CC1)C(F)(F)F. The first-order chi connectivity index (χ1) is 14.8. The maximum absolute atomic E-state index is 12.5. The highest BCUT2D eigenvalue weighted by Crippen LogP contribution is 2.29. The van der Waals surface area contributed by atoms with Crippen LogP contribution in [0.5, 0.6) is 5.75 Å². The molecule has 170 valence electrons. The Balaban J connectivity index is 1.37. The van der Waals surface area contributed by atoms with E-state index in [-0.39, 0.29) is 24.0 Å². The molecule has 0 aromatic carbocycles. The Morgan fingerprint density at radius 3 is 2.39 bits per heavy atom. The summed E-state index contributed by atoms with van der Waals surface area (Å²) in [6.07, 6.45) is -1.66. The fraction of sp³-hybridized carbons (Fsp3) is 0.667. The quantitative estimate of drug-likeness (QED) is 0.681. The largest absolute Gasteiger partial charge is 0.487 e. The molecule has 0 bridgehead atoms. The second-order valence-electron chi connectivity index (χ2n) is 7.87. The van der Waals surface area contributed by atoms with E-state index in [4.69, 9.17) is 14.7 Å². The van der Waals surface area contributed by atoms with Crippen LogP contribution in [0.2, 0.25) is 0 Å². The predicted octanol–water partition coefficient (Wildman–Crippen LogP) is 4.21. The number of pyridine rings is 1. The lowest BCUT2D eigenvalue weighted by Gasteiger charge is -2.36. The van der Waals surface area contributed by atoms with Gasteiger partial charge in [-0.2, -0.15) is 18.4 Å². The third kappa shape index (κ3) is 6.47. The van der Waals surface area contributed by atoms with Crippen LogP contribution in [0.15, 0.2) is 18.3 Å². The van der Waals surface area contributed by atoms with Gasteiger partial charge in [-0.05, 0) is 57.6 Å². The third-order valence-corrected chi connectivity index (χ3v) is 5.62. The van der Waals surface area contributed by atoms with Gasteiger partial charge in [0.05, 0.1) is 18.3 Å². The highest BCUT2D eigenvalue weighted by molar-refractivity contribution is 5.68. The number of amides is 1. The van der Waals surface area contributed by atoms with Gasteiger partial charge >= 0.3 is 12.3 Å². The molecule has 0 radical (unpaired) electrons. The van der Waals surface area contributed by atoms with Gasteiger partial charge in [-0.15, -0.1) is 0 Å². The molecule has 2 fully saturated rings. The molecule has 2 heterocycles. The molecule has 0 spiro atoms. The van der Waals surface area contributed by atoms with Crippen molar-refractivity contribution in [2.45, 2.75) is 76.0 Å². The summed E-state index contributed by atoms with van der Waals surface area (Å²) in [7, 11) is 0. The van der Waals surface area contributed by atoms with Gasteiger partial charge in [0.25, 0.3) is 0 Å². The second-order valence-corrected chi connectivity index (χ2v) is 7.87. The first-order valence-corrected chi connectivity index (χ1v) is 10.5. The summed E-state index contributed by atoms with van der Waals surface area (Å²) in [5.74, 6) is 0.494. The molecule has 3 rings (SSSR count). The molecule has 10 heteroatoms. The topological polar surface area (TPSA) is 84.7 Å². The summed E-state index contributed by atoms with van der Waals surface area (Å²) in [6.45, 7) is 1.44. The maximum atomic E-state index is 12.5. The van der Waals surface area contributed by atoms with Crippen molar-refractivity contribution in [1.82, 2.24) is 9.88 Å². The van der Waals surface area contributed by atoms with E-state index in [1.54, 1.807) is 18.3 Å². The Morgan fingerprint density at radius 1 is 1.16 bits per heavy atom. The Morgan fingerprint density at radius 2 is 1.77 bits per heavy atom. The lowest BCUT2D eigenvalue weighted by molar-refractivity contribution is -0.200. The van der Waals surface area contributed by atoms with Gasteiger partial charge in [-0.1, -0.05) is 0 Å². The standard InChI is InChI=1S/C21H26F3N3O4/c1-14(21(22,23)24)29-20(28)27-11-8-17(9-12-27)30-15-4-6-16(7-5-15)31-19-3-2-10-26-18(19)13-25/h2-3,10,14-17H,4-9,11-12H2,1H3/t14-,15?,16?/m1/s1. The zero-order valence-corrected chi connectivity index (χ0v) is 17.3. The number of likely N-dealkylation sites (tertiary alicyclic amines) is 1. The average molecular weight is 441 g/mol. The van der Waals surface area contributed by atoms with Crippen LogP contribution in [0.1, 0.15) is 51.1 Å². The molecule has 1 atom stereocenters. The summed E-state index contributed by atoms with van der Waals surface area (Å²) in [5, 5.41) is 9.11. The summed E-state index contributed by atoms with van der Waals surface area (Å²) in [4.78, 5) is 17.2. The average Bonchev–Trinajstić information content (AvgIpc) is 2.75. The fourth-order valence-electron chi connectivity index (χ4n) is 3.77. The molecular formula is C21H26F3N3O4. The minimum absolute atomic E-state index is 0.00314. The lowest BCUT2D eigenvalue weighted by Crippen LogP contribution is -2.44. The molecule has 7 nitrogen and oxygen atoms in total. The summed E-state index contributed by atoms with van der Waals surface area (Å²) in [6, 6.07) is 5.50. The summed E-state index contributed by atoms with van der Waals surface area (Å²) >= 11 is 0. The Kier molecular flexibility index (Phi) is 7.59. The van der Waals surface area contributed by atoms with Gasteiger partial charge < -0.3 is 19.1 Å². The van der Waals surface area contributed by atoms with Crippen LogP contribution >= 0.6 is 0 Å². The van der Waals surface area contributed by atoms with E-state index in [0.717, 1.165) is 32.6 Å². The number of alkyl halides is 3. The third-order valence-electron chi connectivity index (χ3n) is 5.62. The number of halogens is 3. The van der Waals surface area contributed by atoms with Crippen LogP contribution in [-0.2, 0) is 9.47 Å².